The van der Waals surface area contributed by atoms with Gasteiger partial charge in [0.2, 0.25) is 0 Å². The van der Waals surface area contributed by atoms with Crippen molar-refractivity contribution < 1.29 is 4.79 Å². The van der Waals surface area contributed by atoms with Crippen LogP contribution in [-0.2, 0) is 4.79 Å². The average Bonchev–Trinajstić information content (AvgIpc) is 2.49. The fourth-order valence-electron chi connectivity index (χ4n) is 1.73. The van der Waals surface area contributed by atoms with E-state index in [4.69, 9.17) is 16.9 Å². The molecule has 0 aliphatic heterocycles. The number of amides is 1. The lowest BCUT2D eigenvalue weighted by Crippen LogP contribution is -2.13. The van der Waals surface area contributed by atoms with Crippen molar-refractivity contribution in [1.29, 1.82) is 5.26 Å². The molecule has 0 unspecified atom stereocenters. The van der Waals surface area contributed by atoms with Crippen LogP contribution < -0.4 is 5.32 Å². The molecule has 0 aliphatic rings. The topological polar surface area (TPSA) is 52.9 Å². The number of hydrogen-bond donors (Lipinski definition) is 1. The van der Waals surface area contributed by atoms with Gasteiger partial charge in [-0.25, -0.2) is 0 Å². The van der Waals surface area contributed by atoms with Crippen molar-refractivity contribution in [3.8, 4) is 6.07 Å². The first-order valence-corrected chi connectivity index (χ1v) is 6.72. The Morgan fingerprint density at radius 3 is 2.57 bits per heavy atom. The Balaban J connectivity index is 2.20. The Labute approximate surface area is 128 Å². The number of anilines is 1. The van der Waals surface area contributed by atoms with Crippen LogP contribution in [0.5, 0.6) is 0 Å². The van der Waals surface area contributed by atoms with Crippen molar-refractivity contribution in [2.45, 2.75) is 6.92 Å². The summed E-state index contributed by atoms with van der Waals surface area (Å²) in [4.78, 5) is 12.1. The second-order valence-corrected chi connectivity index (χ2v) is 4.91. The zero-order valence-corrected chi connectivity index (χ0v) is 12.2. The number of nitriles is 1. The summed E-state index contributed by atoms with van der Waals surface area (Å²) < 4.78 is 0. The lowest BCUT2D eigenvalue weighted by atomic mass is 10.1. The summed E-state index contributed by atoms with van der Waals surface area (Å²) in [6.07, 6.45) is 1.55. The lowest BCUT2D eigenvalue weighted by molar-refractivity contribution is -0.112. The molecule has 2 aromatic rings. The quantitative estimate of drug-likeness (QED) is 0.682. The summed E-state index contributed by atoms with van der Waals surface area (Å²) in [5, 5.41) is 12.4. The summed E-state index contributed by atoms with van der Waals surface area (Å²) in [5.74, 6) is -0.457. The van der Waals surface area contributed by atoms with Crippen LogP contribution in [0.3, 0.4) is 0 Å². The number of benzene rings is 2. The SMILES string of the molecule is Cc1ccc(NC(=O)/C(C#N)=C/c2ccccc2)cc1Cl. The molecule has 2 rings (SSSR count). The summed E-state index contributed by atoms with van der Waals surface area (Å²) >= 11 is 6.01. The summed E-state index contributed by atoms with van der Waals surface area (Å²) in [6.45, 7) is 1.88. The molecule has 21 heavy (non-hydrogen) atoms. The van der Waals surface area contributed by atoms with Crippen molar-refractivity contribution in [3.05, 3.63) is 70.3 Å². The van der Waals surface area contributed by atoms with Gasteiger partial charge in [0, 0.05) is 10.7 Å². The fourth-order valence-corrected chi connectivity index (χ4v) is 1.91. The van der Waals surface area contributed by atoms with Gasteiger partial charge in [-0.1, -0.05) is 48.0 Å². The van der Waals surface area contributed by atoms with E-state index >= 15 is 0 Å². The minimum absolute atomic E-state index is 0.0397. The molecule has 1 amide bonds. The molecule has 0 saturated carbocycles. The first-order chi connectivity index (χ1) is 10.1. The van der Waals surface area contributed by atoms with E-state index in [1.807, 2.05) is 49.4 Å². The van der Waals surface area contributed by atoms with Gasteiger partial charge < -0.3 is 5.32 Å². The number of halogens is 1. The Bertz CT molecular complexity index is 730. The number of nitrogens with one attached hydrogen (secondary N) is 1. The van der Waals surface area contributed by atoms with Gasteiger partial charge in [-0.05, 0) is 36.3 Å². The van der Waals surface area contributed by atoms with E-state index in [-0.39, 0.29) is 5.57 Å². The Hall–Kier alpha value is -2.57. The molecule has 0 heterocycles. The molecular formula is C17H13ClN2O. The molecule has 0 radical (unpaired) electrons. The predicted molar refractivity (Wildman–Crippen MR) is 84.9 cm³/mol. The van der Waals surface area contributed by atoms with Crippen LogP contribution in [-0.4, -0.2) is 5.91 Å². The highest BCUT2D eigenvalue weighted by Crippen LogP contribution is 2.20. The number of rotatable bonds is 3. The highest BCUT2D eigenvalue weighted by Gasteiger charge is 2.10. The van der Waals surface area contributed by atoms with E-state index in [0.29, 0.717) is 10.7 Å². The molecule has 2 aromatic carbocycles. The largest absolute Gasteiger partial charge is 0.321 e. The zero-order chi connectivity index (χ0) is 15.2. The third-order valence-electron chi connectivity index (χ3n) is 2.91. The van der Waals surface area contributed by atoms with E-state index in [0.717, 1.165) is 11.1 Å². The minimum Gasteiger partial charge on any atom is -0.321 e. The molecule has 0 bridgehead atoms. The predicted octanol–water partition coefficient (Wildman–Crippen LogP) is 4.19. The maximum atomic E-state index is 12.1. The molecule has 104 valence electrons. The Morgan fingerprint density at radius 2 is 1.95 bits per heavy atom. The number of hydrogen-bond acceptors (Lipinski definition) is 2. The van der Waals surface area contributed by atoms with Gasteiger partial charge in [-0.3, -0.25) is 4.79 Å². The van der Waals surface area contributed by atoms with Crippen molar-refractivity contribution in [2.75, 3.05) is 5.32 Å². The summed E-state index contributed by atoms with van der Waals surface area (Å²) in [6, 6.07) is 16.3. The summed E-state index contributed by atoms with van der Waals surface area (Å²) in [7, 11) is 0. The van der Waals surface area contributed by atoms with Gasteiger partial charge in [-0.15, -0.1) is 0 Å². The van der Waals surface area contributed by atoms with Crippen LogP contribution in [0.1, 0.15) is 11.1 Å². The van der Waals surface area contributed by atoms with Crippen LogP contribution in [0.15, 0.2) is 54.1 Å². The van der Waals surface area contributed by atoms with E-state index < -0.39 is 5.91 Å². The second kappa shape index (κ2) is 6.74. The van der Waals surface area contributed by atoms with Gasteiger partial charge in [-0.2, -0.15) is 5.26 Å². The number of aryl methyl sites for hydroxylation is 1. The van der Waals surface area contributed by atoms with Gasteiger partial charge in [0.25, 0.3) is 5.91 Å². The van der Waals surface area contributed by atoms with E-state index in [1.165, 1.54) is 0 Å². The molecule has 4 heteroatoms. The molecule has 0 aromatic heterocycles. The third-order valence-corrected chi connectivity index (χ3v) is 3.31. The number of carbonyl (C=O) groups is 1. The first-order valence-electron chi connectivity index (χ1n) is 6.34. The summed E-state index contributed by atoms with van der Waals surface area (Å²) in [5.41, 5.74) is 2.32. The zero-order valence-electron chi connectivity index (χ0n) is 11.4. The molecule has 0 aliphatic carbocycles. The van der Waals surface area contributed by atoms with E-state index in [9.17, 15) is 4.79 Å². The standard InChI is InChI=1S/C17H13ClN2O/c1-12-7-8-15(10-16(12)18)20-17(21)14(11-19)9-13-5-3-2-4-6-13/h2-10H,1H3,(H,20,21)/b14-9+. The van der Waals surface area contributed by atoms with Gasteiger partial charge >= 0.3 is 0 Å². The van der Waals surface area contributed by atoms with Crippen LogP contribution in [0, 0.1) is 18.3 Å². The smallest absolute Gasteiger partial charge is 0.266 e. The van der Waals surface area contributed by atoms with Crippen molar-refractivity contribution in [1.82, 2.24) is 0 Å². The Morgan fingerprint density at radius 1 is 1.24 bits per heavy atom. The normalized spacial score (nSPS) is 10.8. The number of carbonyl (C=O) groups excluding carboxylic acids is 1. The maximum Gasteiger partial charge on any atom is 0.266 e. The molecule has 0 fully saturated rings. The van der Waals surface area contributed by atoms with Crippen LogP contribution >= 0.6 is 11.6 Å². The lowest BCUT2D eigenvalue weighted by Gasteiger charge is -2.06. The maximum absolute atomic E-state index is 12.1. The number of nitrogens with zero attached hydrogens (tertiary/aromatic N) is 1. The van der Waals surface area contributed by atoms with Crippen molar-refractivity contribution >= 4 is 29.3 Å². The van der Waals surface area contributed by atoms with E-state index in [1.54, 1.807) is 18.2 Å². The Kier molecular flexibility index (Phi) is 4.76. The van der Waals surface area contributed by atoms with Crippen molar-refractivity contribution in [2.24, 2.45) is 0 Å². The molecular weight excluding hydrogens is 284 g/mol. The highest BCUT2D eigenvalue weighted by molar-refractivity contribution is 6.31. The van der Waals surface area contributed by atoms with Crippen LogP contribution in [0.25, 0.3) is 6.08 Å². The highest BCUT2D eigenvalue weighted by atomic mass is 35.5. The fraction of sp³-hybridized carbons (Fsp3) is 0.0588. The average molecular weight is 297 g/mol. The molecule has 0 atom stereocenters. The molecule has 1 N–H and O–H groups in total. The van der Waals surface area contributed by atoms with Crippen molar-refractivity contribution in [3.63, 3.8) is 0 Å². The van der Waals surface area contributed by atoms with Crippen LogP contribution in [0.4, 0.5) is 5.69 Å². The third kappa shape index (κ3) is 3.95. The van der Waals surface area contributed by atoms with Gasteiger partial charge in [0.05, 0.1) is 0 Å². The minimum atomic E-state index is -0.457. The van der Waals surface area contributed by atoms with E-state index in [2.05, 4.69) is 5.32 Å². The van der Waals surface area contributed by atoms with Gasteiger partial charge in [0.1, 0.15) is 11.6 Å². The van der Waals surface area contributed by atoms with Crippen LogP contribution in [0.2, 0.25) is 5.02 Å². The molecule has 0 spiro atoms. The molecule has 0 saturated heterocycles. The first kappa shape index (κ1) is 14.8. The molecule has 3 nitrogen and oxygen atoms in total. The second-order valence-electron chi connectivity index (χ2n) is 4.50. The van der Waals surface area contributed by atoms with Gasteiger partial charge in [0.15, 0.2) is 0 Å². The monoisotopic (exact) mass is 296 g/mol.